The molecule has 9 heteroatoms. The summed E-state index contributed by atoms with van der Waals surface area (Å²) < 4.78 is 32.6. The van der Waals surface area contributed by atoms with E-state index in [1.54, 1.807) is 0 Å². The van der Waals surface area contributed by atoms with Gasteiger partial charge in [-0.15, -0.1) is 6.42 Å². The minimum atomic E-state index is -4.24. The van der Waals surface area contributed by atoms with Crippen molar-refractivity contribution >= 4 is 25.4 Å². The first-order valence-electron chi connectivity index (χ1n) is 4.68. The Morgan fingerprint density at radius 1 is 1.53 bits per heavy atom. The zero-order valence-electron chi connectivity index (χ0n) is 9.62. The number of nitro groups is 1. The average Bonchev–Trinajstić information content (AvgIpc) is 2.33. The minimum absolute atomic E-state index is 0.172. The number of non-ortho nitro benzene ring substituents is 1. The third kappa shape index (κ3) is 3.49. The van der Waals surface area contributed by atoms with E-state index in [1.807, 2.05) is 0 Å². The van der Waals surface area contributed by atoms with E-state index >= 15 is 0 Å². The molecule has 0 spiro atoms. The molecule has 0 aliphatic heterocycles. The van der Waals surface area contributed by atoms with Gasteiger partial charge in [-0.05, 0) is 0 Å². The quantitative estimate of drug-likeness (QED) is 0.354. The summed E-state index contributed by atoms with van der Waals surface area (Å²) in [5.74, 6) is 1.73. The summed E-state index contributed by atoms with van der Waals surface area (Å²) in [7, 11) is 2.14. The Hall–Kier alpha value is -1.98. The molecule has 0 atom stereocenters. The summed E-state index contributed by atoms with van der Waals surface area (Å²) in [5.41, 5.74) is -0.507. The number of halogens is 1. The highest BCUT2D eigenvalue weighted by atomic mass is 35.7. The first kappa shape index (κ1) is 15.1. The van der Waals surface area contributed by atoms with Gasteiger partial charge < -0.3 is 9.47 Å². The average molecular weight is 306 g/mol. The third-order valence-electron chi connectivity index (χ3n) is 1.99. The van der Waals surface area contributed by atoms with Crippen molar-refractivity contribution in [2.75, 3.05) is 13.7 Å². The maximum absolute atomic E-state index is 11.4. The highest BCUT2D eigenvalue weighted by Gasteiger charge is 2.25. The molecule has 0 aromatic heterocycles. The van der Waals surface area contributed by atoms with Crippen molar-refractivity contribution in [2.45, 2.75) is 4.90 Å². The van der Waals surface area contributed by atoms with Crippen molar-refractivity contribution < 1.29 is 22.8 Å². The van der Waals surface area contributed by atoms with E-state index in [0.717, 1.165) is 12.1 Å². The monoisotopic (exact) mass is 305 g/mol. The summed E-state index contributed by atoms with van der Waals surface area (Å²) in [6.45, 7) is -0.209. The molecular formula is C10H8ClNO6S. The number of hydrogen-bond acceptors (Lipinski definition) is 6. The number of nitrogens with zero attached hydrogens (tertiary/aromatic N) is 1. The molecule has 0 unspecified atom stereocenters. The van der Waals surface area contributed by atoms with Gasteiger partial charge in [0.2, 0.25) is 0 Å². The maximum Gasteiger partial charge on any atom is 0.274 e. The molecule has 0 bridgehead atoms. The van der Waals surface area contributed by atoms with Gasteiger partial charge >= 0.3 is 0 Å². The fourth-order valence-corrected chi connectivity index (χ4v) is 2.29. The fourth-order valence-electron chi connectivity index (χ4n) is 1.28. The molecule has 1 rings (SSSR count). The van der Waals surface area contributed by atoms with Crippen molar-refractivity contribution in [1.29, 1.82) is 0 Å². The Bertz CT molecular complexity index is 649. The van der Waals surface area contributed by atoms with Crippen LogP contribution in [-0.2, 0) is 9.05 Å². The predicted octanol–water partition coefficient (Wildman–Crippen LogP) is 1.54. The SMILES string of the molecule is C#CCOc1cc([N+](=O)[O-])cc(S(=O)(=O)Cl)c1OC. The number of benzene rings is 1. The second-order valence-corrected chi connectivity index (χ2v) is 5.70. The molecule has 7 nitrogen and oxygen atoms in total. The molecule has 19 heavy (non-hydrogen) atoms. The van der Waals surface area contributed by atoms with Crippen LogP contribution in [0.2, 0.25) is 0 Å². The predicted molar refractivity (Wildman–Crippen MR) is 67.0 cm³/mol. The van der Waals surface area contributed by atoms with Crippen LogP contribution in [0.5, 0.6) is 11.5 Å². The fraction of sp³-hybridized carbons (Fsp3) is 0.200. The van der Waals surface area contributed by atoms with Crippen LogP contribution in [0.1, 0.15) is 0 Å². The first-order chi connectivity index (χ1) is 8.81. The lowest BCUT2D eigenvalue weighted by atomic mass is 10.3. The van der Waals surface area contributed by atoms with Gasteiger partial charge in [0.15, 0.2) is 11.5 Å². The van der Waals surface area contributed by atoms with Gasteiger partial charge in [0, 0.05) is 16.7 Å². The highest BCUT2D eigenvalue weighted by molar-refractivity contribution is 8.13. The summed E-state index contributed by atoms with van der Waals surface area (Å²) in [5, 5.41) is 10.7. The molecule has 0 radical (unpaired) electrons. The summed E-state index contributed by atoms with van der Waals surface area (Å²) in [6.07, 6.45) is 5.00. The molecule has 0 fully saturated rings. The first-order valence-corrected chi connectivity index (χ1v) is 6.99. The van der Waals surface area contributed by atoms with Gasteiger partial charge in [0.25, 0.3) is 14.7 Å². The number of ether oxygens (including phenoxy) is 2. The number of nitro benzene ring substituents is 1. The van der Waals surface area contributed by atoms with E-state index in [-0.39, 0.29) is 18.1 Å². The molecule has 0 aliphatic carbocycles. The summed E-state index contributed by atoms with van der Waals surface area (Å²) >= 11 is 0. The van der Waals surface area contributed by atoms with Crippen molar-refractivity contribution in [3.63, 3.8) is 0 Å². The minimum Gasteiger partial charge on any atom is -0.492 e. The second kappa shape index (κ2) is 5.77. The van der Waals surface area contributed by atoms with E-state index in [2.05, 4.69) is 5.92 Å². The van der Waals surface area contributed by atoms with Crippen LogP contribution >= 0.6 is 10.7 Å². The molecule has 0 amide bonds. The van der Waals surface area contributed by atoms with Crippen LogP contribution in [0.25, 0.3) is 0 Å². The van der Waals surface area contributed by atoms with Crippen molar-refractivity contribution in [3.8, 4) is 23.8 Å². The van der Waals surface area contributed by atoms with E-state index < -0.39 is 24.6 Å². The Morgan fingerprint density at radius 2 is 2.16 bits per heavy atom. The number of rotatable bonds is 5. The number of hydrogen-bond donors (Lipinski definition) is 0. The Kier molecular flexibility index (Phi) is 4.58. The lowest BCUT2D eigenvalue weighted by molar-refractivity contribution is -0.385. The van der Waals surface area contributed by atoms with Crippen molar-refractivity contribution in [2.24, 2.45) is 0 Å². The second-order valence-electron chi connectivity index (χ2n) is 3.16. The highest BCUT2D eigenvalue weighted by Crippen LogP contribution is 2.39. The Labute approximate surface area is 113 Å². The van der Waals surface area contributed by atoms with E-state index in [9.17, 15) is 18.5 Å². The zero-order valence-corrected chi connectivity index (χ0v) is 11.2. The van der Waals surface area contributed by atoms with E-state index in [4.69, 9.17) is 26.6 Å². The maximum atomic E-state index is 11.4. The lowest BCUT2D eigenvalue weighted by Crippen LogP contribution is -2.03. The van der Waals surface area contributed by atoms with E-state index in [1.165, 1.54) is 7.11 Å². The molecule has 0 N–H and O–H groups in total. The molecule has 0 saturated heterocycles. The van der Waals surface area contributed by atoms with Crippen LogP contribution in [0.3, 0.4) is 0 Å². The number of methoxy groups -OCH3 is 1. The molecule has 0 heterocycles. The lowest BCUT2D eigenvalue weighted by Gasteiger charge is -2.11. The molecule has 102 valence electrons. The molecule has 1 aromatic carbocycles. The topological polar surface area (TPSA) is 95.7 Å². The van der Waals surface area contributed by atoms with Gasteiger partial charge in [0.1, 0.15) is 11.5 Å². The van der Waals surface area contributed by atoms with Gasteiger partial charge in [-0.2, -0.15) is 0 Å². The largest absolute Gasteiger partial charge is 0.492 e. The molecule has 0 aliphatic rings. The third-order valence-corrected chi connectivity index (χ3v) is 3.32. The van der Waals surface area contributed by atoms with Crippen LogP contribution < -0.4 is 9.47 Å². The van der Waals surface area contributed by atoms with Crippen LogP contribution in [-0.4, -0.2) is 27.1 Å². The van der Waals surface area contributed by atoms with Crippen LogP contribution in [0.15, 0.2) is 17.0 Å². The Balaban J connectivity index is 3.57. The van der Waals surface area contributed by atoms with Crippen molar-refractivity contribution in [3.05, 3.63) is 22.2 Å². The smallest absolute Gasteiger partial charge is 0.274 e. The summed E-state index contributed by atoms with van der Waals surface area (Å²) in [6, 6.07) is 1.78. The van der Waals surface area contributed by atoms with Crippen molar-refractivity contribution in [1.82, 2.24) is 0 Å². The normalized spacial score (nSPS) is 10.6. The van der Waals surface area contributed by atoms with Gasteiger partial charge in [-0.25, -0.2) is 8.42 Å². The van der Waals surface area contributed by atoms with Crippen LogP contribution in [0, 0.1) is 22.5 Å². The van der Waals surface area contributed by atoms with Gasteiger partial charge in [-0.3, -0.25) is 10.1 Å². The van der Waals surface area contributed by atoms with E-state index in [0.29, 0.717) is 0 Å². The molecule has 1 aromatic rings. The molecule has 0 saturated carbocycles. The van der Waals surface area contributed by atoms with Gasteiger partial charge in [-0.1, -0.05) is 5.92 Å². The van der Waals surface area contributed by atoms with Crippen LogP contribution in [0.4, 0.5) is 5.69 Å². The van der Waals surface area contributed by atoms with Gasteiger partial charge in [0.05, 0.1) is 18.1 Å². The number of terminal acetylenes is 1. The summed E-state index contributed by atoms with van der Waals surface area (Å²) in [4.78, 5) is 9.40. The molecular weight excluding hydrogens is 298 g/mol. The standard InChI is InChI=1S/C10H8ClNO6S/c1-3-4-18-8-5-7(12(13)14)6-9(10(8)17-2)19(11,15)16/h1,5-6H,4H2,2H3. The zero-order chi connectivity index (χ0) is 14.6. The Morgan fingerprint density at radius 3 is 2.58 bits per heavy atom.